The van der Waals surface area contributed by atoms with E-state index in [1.54, 1.807) is 36.4 Å². The van der Waals surface area contributed by atoms with E-state index < -0.39 is 5.97 Å². The second kappa shape index (κ2) is 21.9. The average molecular weight is 557 g/mol. The van der Waals surface area contributed by atoms with E-state index in [-0.39, 0.29) is 11.3 Å². The van der Waals surface area contributed by atoms with Crippen molar-refractivity contribution in [3.05, 3.63) is 48.0 Å². The number of phenols is 1. The van der Waals surface area contributed by atoms with Gasteiger partial charge in [-0.15, -0.1) is 0 Å². The zero-order valence-corrected chi connectivity index (χ0v) is 24.7. The fourth-order valence-electron chi connectivity index (χ4n) is 4.71. The summed E-state index contributed by atoms with van der Waals surface area (Å²) in [4.78, 5) is 11.5. The van der Waals surface area contributed by atoms with Gasteiger partial charge in [0.15, 0.2) is 11.5 Å². The van der Waals surface area contributed by atoms with Crippen molar-refractivity contribution in [2.45, 2.75) is 116 Å². The first kappa shape index (κ1) is 33.3. The minimum absolute atomic E-state index is 0.101. The highest BCUT2D eigenvalue weighted by molar-refractivity contribution is 5.88. The monoisotopic (exact) mass is 556 g/mol. The van der Waals surface area contributed by atoms with Gasteiger partial charge in [0, 0.05) is 12.5 Å². The Balaban J connectivity index is 1.51. The third-order valence-electron chi connectivity index (χ3n) is 7.07. The second-order valence-electron chi connectivity index (χ2n) is 10.7. The van der Waals surface area contributed by atoms with Crippen LogP contribution in [0.4, 0.5) is 0 Å². The van der Waals surface area contributed by atoms with Crippen molar-refractivity contribution >= 4 is 5.97 Å². The number of aromatic hydroxyl groups is 1. The third kappa shape index (κ3) is 15.6. The molecule has 6 nitrogen and oxygen atoms in total. The Hall–Kier alpha value is -2.89. The van der Waals surface area contributed by atoms with Gasteiger partial charge in [0.2, 0.25) is 0 Å². The van der Waals surface area contributed by atoms with Crippen molar-refractivity contribution < 1.29 is 29.2 Å². The molecule has 2 N–H and O–H groups in total. The van der Waals surface area contributed by atoms with Gasteiger partial charge in [0.25, 0.3) is 0 Å². The molecule has 2 aromatic rings. The number of para-hydroxylation sites is 2. The number of phenolic OH excluding ortho intramolecular Hbond substituents is 1. The summed E-state index contributed by atoms with van der Waals surface area (Å²) in [6.45, 7) is 3.57. The molecule has 0 aliphatic heterocycles. The van der Waals surface area contributed by atoms with Crippen molar-refractivity contribution in [2.24, 2.45) is 0 Å². The molecule has 0 amide bonds. The van der Waals surface area contributed by atoms with Gasteiger partial charge in [0.1, 0.15) is 11.5 Å². The van der Waals surface area contributed by atoms with Crippen LogP contribution in [0.25, 0.3) is 0 Å². The van der Waals surface area contributed by atoms with E-state index in [1.165, 1.54) is 96.0 Å². The summed E-state index contributed by atoms with van der Waals surface area (Å²) < 4.78 is 17.2. The van der Waals surface area contributed by atoms with Gasteiger partial charge in [-0.1, -0.05) is 115 Å². The molecule has 0 saturated carbocycles. The number of aromatic carboxylic acids is 1. The lowest BCUT2D eigenvalue weighted by molar-refractivity contribution is 0.0695. The fraction of sp³-hybridized carbons (Fsp3) is 0.618. The maximum absolute atomic E-state index is 11.5. The molecular weight excluding hydrogens is 504 g/mol. The first-order chi connectivity index (χ1) is 19.6. The summed E-state index contributed by atoms with van der Waals surface area (Å²) in [5.74, 6) is 0.496. The van der Waals surface area contributed by atoms with Crippen molar-refractivity contribution in [1.29, 1.82) is 0 Å². The van der Waals surface area contributed by atoms with Gasteiger partial charge >= 0.3 is 5.97 Å². The molecule has 0 saturated heterocycles. The Labute approximate surface area is 242 Å². The van der Waals surface area contributed by atoms with Gasteiger partial charge < -0.3 is 24.4 Å². The van der Waals surface area contributed by atoms with Crippen molar-refractivity contribution in [2.75, 3.05) is 19.8 Å². The summed E-state index contributed by atoms with van der Waals surface area (Å²) >= 11 is 0. The molecule has 0 aliphatic rings. The Kier molecular flexibility index (Phi) is 18.2. The summed E-state index contributed by atoms with van der Waals surface area (Å²) in [5.41, 5.74) is 0.143. The molecular formula is C34H52O6. The van der Waals surface area contributed by atoms with Crippen LogP contribution in [-0.2, 0) is 0 Å². The van der Waals surface area contributed by atoms with E-state index in [1.807, 2.05) is 0 Å². The SMILES string of the molecule is CCCCCCCCCCCCCCCCCCOc1cc(OCCCOc2ccccc2O)cc(C(=O)O)c1. The lowest BCUT2D eigenvalue weighted by Gasteiger charge is -2.12. The molecule has 40 heavy (non-hydrogen) atoms. The van der Waals surface area contributed by atoms with Crippen LogP contribution in [-0.4, -0.2) is 36.0 Å². The highest BCUT2D eigenvalue weighted by Gasteiger charge is 2.09. The van der Waals surface area contributed by atoms with Crippen LogP contribution < -0.4 is 14.2 Å². The summed E-state index contributed by atoms with van der Waals surface area (Å²) in [6, 6.07) is 11.6. The molecule has 0 fully saturated rings. The quantitative estimate of drug-likeness (QED) is 0.118. The van der Waals surface area contributed by atoms with E-state index >= 15 is 0 Å². The number of benzene rings is 2. The molecule has 0 aromatic heterocycles. The number of hydrogen-bond acceptors (Lipinski definition) is 5. The Morgan fingerprint density at radius 2 is 1.05 bits per heavy atom. The Morgan fingerprint density at radius 3 is 1.55 bits per heavy atom. The molecule has 224 valence electrons. The van der Waals surface area contributed by atoms with Crippen LogP contribution in [0.3, 0.4) is 0 Å². The number of rotatable bonds is 25. The van der Waals surface area contributed by atoms with Crippen molar-refractivity contribution in [1.82, 2.24) is 0 Å². The number of ether oxygens (including phenoxy) is 3. The van der Waals surface area contributed by atoms with Gasteiger partial charge in [-0.3, -0.25) is 0 Å². The average Bonchev–Trinajstić information content (AvgIpc) is 2.95. The van der Waals surface area contributed by atoms with E-state index in [0.29, 0.717) is 43.5 Å². The Morgan fingerprint density at radius 1 is 0.600 bits per heavy atom. The van der Waals surface area contributed by atoms with Crippen LogP contribution >= 0.6 is 0 Å². The van der Waals surface area contributed by atoms with E-state index in [2.05, 4.69) is 6.92 Å². The summed E-state index contributed by atoms with van der Waals surface area (Å²) in [5, 5.41) is 19.2. The fourth-order valence-corrected chi connectivity index (χ4v) is 4.71. The molecule has 2 rings (SSSR count). The summed E-state index contributed by atoms with van der Waals surface area (Å²) in [7, 11) is 0. The zero-order valence-electron chi connectivity index (χ0n) is 24.7. The predicted octanol–water partition coefficient (Wildman–Crippen LogP) is 9.58. The number of unbranched alkanes of at least 4 members (excludes halogenated alkanes) is 15. The van der Waals surface area contributed by atoms with E-state index in [0.717, 1.165) is 12.8 Å². The first-order valence-corrected chi connectivity index (χ1v) is 15.6. The maximum atomic E-state index is 11.5. The lowest BCUT2D eigenvalue weighted by atomic mass is 10.0. The molecule has 0 spiro atoms. The largest absolute Gasteiger partial charge is 0.504 e. The zero-order chi connectivity index (χ0) is 28.7. The van der Waals surface area contributed by atoms with Gasteiger partial charge in [-0.05, 0) is 30.7 Å². The van der Waals surface area contributed by atoms with Crippen LogP contribution in [0.15, 0.2) is 42.5 Å². The van der Waals surface area contributed by atoms with E-state index in [9.17, 15) is 15.0 Å². The molecule has 0 unspecified atom stereocenters. The van der Waals surface area contributed by atoms with Crippen molar-refractivity contribution in [3.8, 4) is 23.0 Å². The highest BCUT2D eigenvalue weighted by Crippen LogP contribution is 2.25. The van der Waals surface area contributed by atoms with Gasteiger partial charge in [-0.25, -0.2) is 4.79 Å². The molecule has 6 heteroatoms. The topological polar surface area (TPSA) is 85.2 Å². The molecule has 0 bridgehead atoms. The lowest BCUT2D eigenvalue weighted by Crippen LogP contribution is -2.06. The third-order valence-corrected chi connectivity index (χ3v) is 7.07. The number of carbonyl (C=O) groups is 1. The van der Waals surface area contributed by atoms with Gasteiger partial charge in [-0.2, -0.15) is 0 Å². The Bertz CT molecular complexity index is 928. The number of hydrogen-bond donors (Lipinski definition) is 2. The van der Waals surface area contributed by atoms with Crippen LogP contribution in [0.1, 0.15) is 126 Å². The van der Waals surface area contributed by atoms with Gasteiger partial charge in [0.05, 0.1) is 25.4 Å². The molecule has 2 aromatic carbocycles. The maximum Gasteiger partial charge on any atom is 0.335 e. The van der Waals surface area contributed by atoms with E-state index in [4.69, 9.17) is 14.2 Å². The minimum atomic E-state index is -1.01. The smallest absolute Gasteiger partial charge is 0.335 e. The molecule has 0 radical (unpaired) electrons. The minimum Gasteiger partial charge on any atom is -0.504 e. The molecule has 0 atom stereocenters. The predicted molar refractivity (Wildman–Crippen MR) is 162 cm³/mol. The molecule has 0 heterocycles. The highest BCUT2D eigenvalue weighted by atomic mass is 16.5. The normalized spacial score (nSPS) is 10.9. The van der Waals surface area contributed by atoms with Crippen molar-refractivity contribution in [3.63, 3.8) is 0 Å². The standard InChI is InChI=1S/C34H52O6/c1-2-3-4-5-6-7-8-9-10-11-12-13-14-15-16-19-23-38-30-26-29(34(36)37)27-31(28-30)39-24-20-25-40-33-22-18-17-21-32(33)35/h17-18,21-22,26-28,35H,2-16,19-20,23-25H2,1H3,(H,36,37). The van der Waals surface area contributed by atoms with Crippen LogP contribution in [0.5, 0.6) is 23.0 Å². The number of carboxylic acids is 1. The van der Waals surface area contributed by atoms with Crippen LogP contribution in [0, 0.1) is 0 Å². The van der Waals surface area contributed by atoms with Crippen LogP contribution in [0.2, 0.25) is 0 Å². The first-order valence-electron chi connectivity index (χ1n) is 15.6. The second-order valence-corrected chi connectivity index (χ2v) is 10.7. The number of carboxylic acid groups (broad SMARTS) is 1. The molecule has 0 aliphatic carbocycles. The summed E-state index contributed by atoms with van der Waals surface area (Å²) in [6.07, 6.45) is 21.8.